The Labute approximate surface area is 179 Å². The second-order valence-electron chi connectivity index (χ2n) is 7.32. The molecule has 2 aliphatic rings. The summed E-state index contributed by atoms with van der Waals surface area (Å²) in [6.07, 6.45) is 20.2. The van der Waals surface area contributed by atoms with Crippen LogP contribution in [0.2, 0.25) is 0 Å². The molecule has 2 aromatic carbocycles. The predicted octanol–water partition coefficient (Wildman–Crippen LogP) is 5.53. The average Bonchev–Trinajstić information content (AvgIpc) is 2.80. The number of benzene rings is 2. The number of methoxy groups -OCH3 is 2. The zero-order chi connectivity index (χ0) is 20.2. The van der Waals surface area contributed by atoms with E-state index in [-0.39, 0.29) is 23.6 Å². The van der Waals surface area contributed by atoms with Crippen molar-refractivity contribution in [1.29, 1.82) is 0 Å². The monoisotopic (exact) mass is 450 g/mol. The van der Waals surface area contributed by atoms with E-state index >= 15 is 0 Å². The van der Waals surface area contributed by atoms with Crippen molar-refractivity contribution in [2.75, 3.05) is 14.2 Å². The van der Waals surface area contributed by atoms with Crippen LogP contribution in [0.15, 0.2) is 97.1 Å². The summed E-state index contributed by atoms with van der Waals surface area (Å²) in [5.74, 6) is 1.80. The Morgan fingerprint density at radius 2 is 1.03 bits per heavy atom. The Bertz CT molecular complexity index is 874. The van der Waals surface area contributed by atoms with Gasteiger partial charge in [0.05, 0.1) is 0 Å². The van der Waals surface area contributed by atoms with Gasteiger partial charge in [-0.1, -0.05) is 0 Å². The molecule has 0 bridgehead atoms. The van der Waals surface area contributed by atoms with Gasteiger partial charge in [0, 0.05) is 0 Å². The van der Waals surface area contributed by atoms with Crippen LogP contribution in [0.25, 0.3) is 0 Å². The predicted molar refractivity (Wildman–Crippen MR) is 121 cm³/mol. The molecule has 0 aromatic heterocycles. The van der Waals surface area contributed by atoms with Crippen molar-refractivity contribution in [2.24, 2.45) is 0 Å². The molecule has 0 fully saturated rings. The van der Waals surface area contributed by atoms with Gasteiger partial charge in [-0.15, -0.1) is 0 Å². The molecule has 2 aromatic rings. The van der Waals surface area contributed by atoms with Crippen LogP contribution in [0.1, 0.15) is 24.0 Å². The fraction of sp³-hybridized carbons (Fsp3) is 0.231. The maximum atomic E-state index is 5.39. The molecule has 0 amide bonds. The molecule has 29 heavy (non-hydrogen) atoms. The van der Waals surface area contributed by atoms with Gasteiger partial charge in [-0.3, -0.25) is 0 Å². The van der Waals surface area contributed by atoms with E-state index in [0.717, 1.165) is 24.3 Å². The van der Waals surface area contributed by atoms with Gasteiger partial charge in [-0.25, -0.2) is 0 Å². The van der Waals surface area contributed by atoms with Crippen LogP contribution in [0.5, 0.6) is 11.5 Å². The molecule has 0 heterocycles. The van der Waals surface area contributed by atoms with Gasteiger partial charge in [-0.05, 0) is 0 Å². The fourth-order valence-corrected chi connectivity index (χ4v) is 7.77. The normalized spacial score (nSPS) is 25.2. The summed E-state index contributed by atoms with van der Waals surface area (Å²) in [5, 5.41) is 0. The van der Waals surface area contributed by atoms with Crippen molar-refractivity contribution in [3.8, 4) is 11.5 Å². The van der Waals surface area contributed by atoms with Gasteiger partial charge in [-0.2, -0.15) is 0 Å². The molecule has 2 atom stereocenters. The summed E-state index contributed by atoms with van der Waals surface area (Å²) in [5.41, 5.74) is 2.71. The van der Waals surface area contributed by atoms with Crippen molar-refractivity contribution in [2.45, 2.75) is 21.5 Å². The van der Waals surface area contributed by atoms with E-state index in [2.05, 4.69) is 97.1 Å². The first-order valence-electron chi connectivity index (χ1n) is 9.88. The quantitative estimate of drug-likeness (QED) is 0.540. The molecule has 2 unspecified atom stereocenters. The van der Waals surface area contributed by atoms with Crippen molar-refractivity contribution < 1.29 is 9.47 Å². The molecule has 0 saturated heterocycles. The van der Waals surface area contributed by atoms with Crippen LogP contribution in [-0.2, 0) is 8.63 Å². The van der Waals surface area contributed by atoms with E-state index in [1.54, 1.807) is 14.2 Å². The third-order valence-electron chi connectivity index (χ3n) is 5.59. The van der Waals surface area contributed by atoms with Gasteiger partial charge in [0.2, 0.25) is 0 Å². The Morgan fingerprint density at radius 3 is 1.34 bits per heavy atom. The average molecular weight is 449 g/mol. The molecule has 0 saturated carbocycles. The molecule has 2 aliphatic carbocycles. The second-order valence-corrected chi connectivity index (χ2v) is 10.8. The molecular formula is C26H26O2Se. The van der Waals surface area contributed by atoms with Crippen molar-refractivity contribution in [1.82, 2.24) is 0 Å². The number of hydrogen-bond donors (Lipinski definition) is 0. The van der Waals surface area contributed by atoms with Gasteiger partial charge in [0.1, 0.15) is 0 Å². The second kappa shape index (κ2) is 8.49. The summed E-state index contributed by atoms with van der Waals surface area (Å²) in [6.45, 7) is 0. The summed E-state index contributed by atoms with van der Waals surface area (Å²) in [4.78, 5) is 0. The Hall–Kier alpha value is -2.48. The SMILES string of the molecule is COc1ccc(C2([Se]C3(c4ccc(OC)cc4)C=CC=CC3)C=CC=CC2)cc1. The van der Waals surface area contributed by atoms with Crippen LogP contribution >= 0.6 is 0 Å². The zero-order valence-electron chi connectivity index (χ0n) is 16.9. The zero-order valence-corrected chi connectivity index (χ0v) is 18.6. The summed E-state index contributed by atoms with van der Waals surface area (Å²) < 4.78 is 10.8. The summed E-state index contributed by atoms with van der Waals surface area (Å²) >= 11 is 0.242. The number of ether oxygens (including phenoxy) is 2. The maximum absolute atomic E-state index is 5.39. The number of hydrogen-bond acceptors (Lipinski definition) is 2. The molecule has 0 spiro atoms. The van der Waals surface area contributed by atoms with E-state index in [9.17, 15) is 0 Å². The molecule has 0 radical (unpaired) electrons. The molecule has 3 heteroatoms. The Morgan fingerprint density at radius 1 is 0.621 bits per heavy atom. The number of allylic oxidation sites excluding steroid dienone is 8. The summed E-state index contributed by atoms with van der Waals surface area (Å²) in [6, 6.07) is 17.2. The van der Waals surface area contributed by atoms with E-state index in [4.69, 9.17) is 9.47 Å². The van der Waals surface area contributed by atoms with Crippen LogP contribution in [0.3, 0.4) is 0 Å². The van der Waals surface area contributed by atoms with E-state index in [0.29, 0.717) is 0 Å². The molecular weight excluding hydrogens is 423 g/mol. The first-order chi connectivity index (χ1) is 14.2. The van der Waals surface area contributed by atoms with Gasteiger partial charge >= 0.3 is 180 Å². The van der Waals surface area contributed by atoms with Crippen LogP contribution in [0.4, 0.5) is 0 Å². The van der Waals surface area contributed by atoms with Gasteiger partial charge < -0.3 is 0 Å². The van der Waals surface area contributed by atoms with Crippen molar-refractivity contribution in [3.05, 3.63) is 108 Å². The molecule has 0 aliphatic heterocycles. The molecule has 4 rings (SSSR count). The van der Waals surface area contributed by atoms with Crippen LogP contribution < -0.4 is 9.47 Å². The Kier molecular flexibility index (Phi) is 5.80. The van der Waals surface area contributed by atoms with E-state index in [1.807, 2.05) is 0 Å². The van der Waals surface area contributed by atoms with E-state index in [1.165, 1.54) is 11.1 Å². The van der Waals surface area contributed by atoms with E-state index < -0.39 is 0 Å². The fourth-order valence-electron chi connectivity index (χ4n) is 3.97. The first-order valence-corrected chi connectivity index (χ1v) is 11.6. The molecule has 148 valence electrons. The van der Waals surface area contributed by atoms with Gasteiger partial charge in [0.15, 0.2) is 0 Å². The standard InChI is InChI=1S/C26H26O2Se/c1-27-23-13-9-21(10-14-23)25(17-5-3-6-18-25)29-26(19-7-4-8-20-26)22-11-15-24(28-2)16-12-22/h3-17,19H,18,20H2,1-2H3. The van der Waals surface area contributed by atoms with Crippen molar-refractivity contribution in [3.63, 3.8) is 0 Å². The first kappa shape index (κ1) is 19.8. The summed E-state index contributed by atoms with van der Waals surface area (Å²) in [7, 11) is 3.44. The van der Waals surface area contributed by atoms with Crippen LogP contribution in [0, 0.1) is 0 Å². The topological polar surface area (TPSA) is 18.5 Å². The Balaban J connectivity index is 1.77. The number of rotatable bonds is 6. The van der Waals surface area contributed by atoms with Gasteiger partial charge in [0.25, 0.3) is 0 Å². The minimum atomic E-state index is 0.00344. The van der Waals surface area contributed by atoms with Crippen LogP contribution in [-0.4, -0.2) is 29.2 Å². The van der Waals surface area contributed by atoms with Crippen molar-refractivity contribution >= 4 is 15.0 Å². The third kappa shape index (κ3) is 3.98. The molecule has 0 N–H and O–H groups in total. The minimum absolute atomic E-state index is 0.00344. The molecule has 2 nitrogen and oxygen atoms in total. The third-order valence-corrected chi connectivity index (χ3v) is 9.38.